The van der Waals surface area contributed by atoms with Crippen LogP contribution in [0, 0.1) is 127 Å². The maximum Gasteiger partial charge on any atom is 0.160 e. The van der Waals surface area contributed by atoms with E-state index in [1.165, 1.54) is 16.7 Å². The smallest absolute Gasteiger partial charge is 0.160 e. The van der Waals surface area contributed by atoms with Crippen LogP contribution in [0.2, 0.25) is 0 Å². The molecule has 0 spiro atoms. The summed E-state index contributed by atoms with van der Waals surface area (Å²) in [5.41, 5.74) is 5.45. The van der Waals surface area contributed by atoms with Crippen LogP contribution in [0.3, 0.4) is 0 Å². The number of carbonyl (C=O) groups excluding carboxylic acids is 4. The van der Waals surface area contributed by atoms with Crippen LogP contribution in [0.1, 0.15) is 279 Å². The van der Waals surface area contributed by atoms with Gasteiger partial charge in [0.1, 0.15) is 5.78 Å². The largest absolute Gasteiger partial charge is 0.390 e. The Kier molecular flexibility index (Phi) is 21.9. The van der Waals surface area contributed by atoms with Crippen molar-refractivity contribution in [2.45, 2.75) is 320 Å². The quantitative estimate of drug-likeness (QED) is 0.0767. The number of carbonyl (C=O) groups is 4. The van der Waals surface area contributed by atoms with E-state index in [4.69, 9.17) is 0 Å². The summed E-state index contributed by atoms with van der Waals surface area (Å²) in [6.45, 7) is 51.8. The number of hydrogen-bond acceptors (Lipinski definition) is 11. The van der Waals surface area contributed by atoms with Crippen molar-refractivity contribution in [3.05, 3.63) is 69.9 Å². The minimum absolute atomic E-state index is 0.0607. The molecule has 6 saturated carbocycles. The first-order valence-corrected chi connectivity index (χ1v) is 39.6. The lowest BCUT2D eigenvalue weighted by atomic mass is 9.47. The van der Waals surface area contributed by atoms with Gasteiger partial charge in [-0.15, -0.1) is 0 Å². The van der Waals surface area contributed by atoms with E-state index in [0.717, 1.165) is 117 Å². The van der Waals surface area contributed by atoms with Crippen LogP contribution >= 0.6 is 0 Å². The second-order valence-electron chi connectivity index (χ2n) is 38.5. The zero-order valence-corrected chi connectivity index (χ0v) is 64.5. The molecule has 7 N–H and O–H groups in total. The second-order valence-corrected chi connectivity index (χ2v) is 38.5. The monoisotopic (exact) mass is 1360 g/mol. The topological polar surface area (TPSA) is 210 Å². The first-order valence-electron chi connectivity index (χ1n) is 39.6. The van der Waals surface area contributed by atoms with E-state index in [2.05, 4.69) is 124 Å². The molecule has 12 aliphatic carbocycles. The van der Waals surface area contributed by atoms with Gasteiger partial charge in [-0.2, -0.15) is 0 Å². The molecule has 0 saturated heterocycles. The summed E-state index contributed by atoms with van der Waals surface area (Å²) in [7, 11) is 0. The van der Waals surface area contributed by atoms with Gasteiger partial charge < -0.3 is 35.7 Å². The number of aliphatic hydroxyl groups excluding tert-OH is 5. The fourth-order valence-electron chi connectivity index (χ4n) is 25.6. The summed E-state index contributed by atoms with van der Waals surface area (Å²) in [5.74, 6) is 5.63. The molecule has 11 nitrogen and oxygen atoms in total. The van der Waals surface area contributed by atoms with E-state index in [1.807, 2.05) is 6.92 Å². The van der Waals surface area contributed by atoms with Crippen molar-refractivity contribution in [2.24, 2.45) is 127 Å². The van der Waals surface area contributed by atoms with Crippen LogP contribution < -0.4 is 0 Å². The van der Waals surface area contributed by atoms with E-state index in [0.29, 0.717) is 136 Å². The number of hydrogen-bond donors (Lipinski definition) is 7. The van der Waals surface area contributed by atoms with E-state index < -0.39 is 52.6 Å². The first-order chi connectivity index (χ1) is 45.4. The molecule has 0 aromatic rings. The highest BCUT2D eigenvalue weighted by molar-refractivity contribution is 6.01. The summed E-state index contributed by atoms with van der Waals surface area (Å²) in [4.78, 5) is 54.0. The van der Waals surface area contributed by atoms with Gasteiger partial charge in [0.05, 0.1) is 41.7 Å². The van der Waals surface area contributed by atoms with Crippen LogP contribution in [0.5, 0.6) is 0 Å². The van der Waals surface area contributed by atoms with Gasteiger partial charge in [-0.3, -0.25) is 19.2 Å². The Morgan fingerprint density at radius 1 is 0.429 bits per heavy atom. The van der Waals surface area contributed by atoms with Crippen molar-refractivity contribution >= 4 is 23.1 Å². The normalized spacial score (nSPS) is 45.0. The number of rotatable bonds is 15. The Labute approximate surface area is 592 Å². The summed E-state index contributed by atoms with van der Waals surface area (Å²) >= 11 is 0. The van der Waals surface area contributed by atoms with Gasteiger partial charge in [0.15, 0.2) is 17.3 Å². The lowest BCUT2D eigenvalue weighted by Crippen LogP contribution is -2.61. The summed E-state index contributed by atoms with van der Waals surface area (Å²) in [6, 6.07) is 0. The molecule has 11 heteroatoms. The Morgan fingerprint density at radius 3 is 1.03 bits per heavy atom. The second kappa shape index (κ2) is 27.7. The maximum atomic E-state index is 13.9. The zero-order valence-electron chi connectivity index (χ0n) is 64.5. The molecule has 12 rings (SSSR count). The number of aliphatic hydroxyl groups is 7. The molecule has 0 radical (unpaired) electrons. The van der Waals surface area contributed by atoms with Crippen LogP contribution in [-0.2, 0) is 19.2 Å². The van der Waals surface area contributed by atoms with Crippen LogP contribution in [0.15, 0.2) is 69.9 Å². The number of ketones is 4. The number of allylic oxidation sites excluding steroid dienone is 6. The number of Topliss-reactive ketones (excluding diaryl/α,β-unsaturated/α-hetero) is 4. The predicted molar refractivity (Wildman–Crippen MR) is 392 cm³/mol. The van der Waals surface area contributed by atoms with Gasteiger partial charge in [0.2, 0.25) is 0 Å². The van der Waals surface area contributed by atoms with Gasteiger partial charge in [-0.05, 0) is 252 Å². The molecule has 0 aromatic carbocycles. The molecule has 0 aromatic heterocycles. The lowest BCUT2D eigenvalue weighted by molar-refractivity contribution is -0.174. The third-order valence-electron chi connectivity index (χ3n) is 32.1. The van der Waals surface area contributed by atoms with Crippen molar-refractivity contribution in [3.63, 3.8) is 0 Å². The molecule has 12 aliphatic rings. The van der Waals surface area contributed by atoms with Gasteiger partial charge in [-0.25, -0.2) is 0 Å². The van der Waals surface area contributed by atoms with Gasteiger partial charge >= 0.3 is 0 Å². The highest BCUT2D eigenvalue weighted by Crippen LogP contribution is 2.70. The Hall–Kier alpha value is -3.16. The van der Waals surface area contributed by atoms with Crippen molar-refractivity contribution in [2.75, 3.05) is 0 Å². The summed E-state index contributed by atoms with van der Waals surface area (Å²) in [6.07, 6.45) is 16.2. The molecule has 0 amide bonds. The van der Waals surface area contributed by atoms with E-state index in [9.17, 15) is 54.9 Å². The summed E-state index contributed by atoms with van der Waals surface area (Å²) < 4.78 is 0. The highest BCUT2D eigenvalue weighted by Gasteiger charge is 2.67. The van der Waals surface area contributed by atoms with E-state index >= 15 is 0 Å². The minimum atomic E-state index is -1.29. The first kappa shape index (κ1) is 77.5. The van der Waals surface area contributed by atoms with E-state index in [1.54, 1.807) is 13.8 Å². The van der Waals surface area contributed by atoms with Crippen LogP contribution in [0.25, 0.3) is 0 Å². The molecular formula is C87H136O11. The molecule has 0 heterocycles. The van der Waals surface area contributed by atoms with Gasteiger partial charge in [0.25, 0.3) is 0 Å². The fourth-order valence-corrected chi connectivity index (χ4v) is 25.6. The lowest BCUT2D eigenvalue weighted by Gasteiger charge is -2.59. The number of fused-ring (bicyclic) bond motifs is 12. The average molecular weight is 1360 g/mol. The molecule has 98 heavy (non-hydrogen) atoms. The SMILES string of the molecule is C=C(CC[C@@H](C)[C@H]1CC[C@H]2C3=C(C(=O)C[C@]12C)[C@@]1(C)CCC(=O)[C@@H](C)[C@@H]1C[C@@H]3O)C(C)C.C=C(CC[C@@H](C)[C@H]1CC[C@H]2C3=C(C(=O)C[C@]12C)[C@@]1(C)CC[C@@H](O)[C@](C)(O)[C@@H]1C[C@@H]3O)C(C)C.C=C(CC[C@@H](C)[C@H]1CC[C@H]2C3=C(C(=O)C[C@]12C)[C@@]1(C)CC[C@@H](O)[C@](C)(O)[C@@H]1C[C@@H]3O)C(C)C. The molecular weight excluding hydrogens is 1220 g/mol. The van der Waals surface area contributed by atoms with Crippen molar-refractivity contribution in [1.29, 1.82) is 0 Å². The fraction of sp³-hybridized carbons (Fsp3) is 0.816. The molecule has 0 aliphatic heterocycles. The molecule has 6 fully saturated rings. The van der Waals surface area contributed by atoms with Crippen LogP contribution in [-0.4, -0.2) is 101 Å². The summed E-state index contributed by atoms with van der Waals surface area (Å²) in [5, 5.41) is 77.6. The zero-order chi connectivity index (χ0) is 72.6. The Bertz CT molecular complexity index is 3080. The predicted octanol–water partition coefficient (Wildman–Crippen LogP) is 16.7. The molecule has 0 bridgehead atoms. The average Bonchev–Trinajstić information content (AvgIpc) is 1.28. The van der Waals surface area contributed by atoms with Gasteiger partial charge in [-0.1, -0.05) is 147 Å². The third-order valence-corrected chi connectivity index (χ3v) is 32.1. The Morgan fingerprint density at radius 2 is 0.724 bits per heavy atom. The third kappa shape index (κ3) is 12.7. The molecule has 550 valence electrons. The maximum absolute atomic E-state index is 13.9. The van der Waals surface area contributed by atoms with Crippen molar-refractivity contribution < 1.29 is 54.9 Å². The minimum Gasteiger partial charge on any atom is -0.390 e. The van der Waals surface area contributed by atoms with Crippen LogP contribution in [0.4, 0.5) is 0 Å². The Balaban J connectivity index is 0.000000159. The molecule has 0 unspecified atom stereocenters. The highest BCUT2D eigenvalue weighted by atomic mass is 16.3. The standard InChI is InChI=1S/2C29H46O4.C29H44O3/c2*1-16(2)17(3)8-9-18(4)19-10-11-20-25-21(30)14-23-27(5,13-12-24(32)29(23,7)33)26(25)22(31)15-28(19,20)6;1-16(2)17(3)8-9-18(4)20-10-11-21-26-24(31)14-22-19(5)23(30)12-13-28(22,6)27(26)25(32)15-29(20,21)7/h2*16,18-21,23-24,30,32-33H,3,8-15H2,1-2,4-7H3;16,18-22,24,31H,3,8-15H2,1-2,4-7H3/t2*18-,19-,20+,21+,23-,24-,27+,28-,29-;18-,19+,20-,21+,22+,24+,28+,29-/m111/s1. The van der Waals surface area contributed by atoms with Crippen molar-refractivity contribution in [1.82, 2.24) is 0 Å². The van der Waals surface area contributed by atoms with Gasteiger partial charge in [0, 0.05) is 76.4 Å². The molecule has 26 atom stereocenters. The van der Waals surface area contributed by atoms with Crippen molar-refractivity contribution in [3.8, 4) is 0 Å². The van der Waals surface area contributed by atoms with E-state index in [-0.39, 0.29) is 74.5 Å².